The highest BCUT2D eigenvalue weighted by Crippen LogP contribution is 2.43. The van der Waals surface area contributed by atoms with Crippen molar-refractivity contribution in [2.45, 2.75) is 11.1 Å². The molecule has 0 saturated heterocycles. The summed E-state index contributed by atoms with van der Waals surface area (Å²) in [6.45, 7) is 0. The summed E-state index contributed by atoms with van der Waals surface area (Å²) in [5, 5.41) is 13.4. The van der Waals surface area contributed by atoms with Crippen molar-refractivity contribution in [2.24, 2.45) is 0 Å². The van der Waals surface area contributed by atoms with Gasteiger partial charge in [0.05, 0.1) is 16.0 Å². The Balaban J connectivity index is 2.11. The highest BCUT2D eigenvalue weighted by atomic mass is 32.2. The lowest BCUT2D eigenvalue weighted by molar-refractivity contribution is -0.139. The van der Waals surface area contributed by atoms with Gasteiger partial charge in [0, 0.05) is 29.1 Å². The van der Waals surface area contributed by atoms with Crippen LogP contribution in [0, 0.1) is 0 Å². The molecule has 12 heteroatoms. The number of fused-ring (bicyclic) bond motifs is 1. The van der Waals surface area contributed by atoms with Crippen LogP contribution in [-0.4, -0.2) is 40.3 Å². The zero-order valence-electron chi connectivity index (χ0n) is 15.3. The van der Waals surface area contributed by atoms with Crippen molar-refractivity contribution in [1.29, 1.82) is 0 Å². The maximum absolute atomic E-state index is 13.6. The molecule has 4 aromatic rings. The number of rotatable bonds is 3. The molecule has 2 aromatic heterocycles. The molecule has 154 valence electrons. The molecule has 0 radical (unpaired) electrons. The summed E-state index contributed by atoms with van der Waals surface area (Å²) in [6, 6.07) is 8.41. The van der Waals surface area contributed by atoms with Crippen molar-refractivity contribution in [3.05, 3.63) is 48.2 Å². The Labute approximate surface area is 167 Å². The molecule has 4 rings (SSSR count). The van der Waals surface area contributed by atoms with Gasteiger partial charge in [0.15, 0.2) is 15.7 Å². The third-order valence-corrected chi connectivity index (χ3v) is 5.67. The second kappa shape index (κ2) is 6.76. The average Bonchev–Trinajstić information content (AvgIpc) is 3.20. The third-order valence-electron chi connectivity index (χ3n) is 4.50. The molecule has 0 unspecified atom stereocenters. The first-order valence-corrected chi connectivity index (χ1v) is 10.3. The Kier molecular flexibility index (Phi) is 4.45. The molecule has 0 fully saturated rings. The number of halogens is 3. The first kappa shape index (κ1) is 19.8. The van der Waals surface area contributed by atoms with Crippen LogP contribution in [0.4, 0.5) is 18.9 Å². The van der Waals surface area contributed by atoms with Crippen LogP contribution in [0.1, 0.15) is 5.56 Å². The van der Waals surface area contributed by atoms with E-state index < -0.39 is 26.5 Å². The fourth-order valence-corrected chi connectivity index (χ4v) is 4.43. The number of benzene rings is 2. The molecule has 0 aliphatic rings. The van der Waals surface area contributed by atoms with E-state index in [1.165, 1.54) is 12.3 Å². The number of hydrogen-bond acceptors (Lipinski definition) is 7. The summed E-state index contributed by atoms with van der Waals surface area (Å²) >= 11 is 0. The number of pyridine rings is 1. The molecule has 30 heavy (non-hydrogen) atoms. The van der Waals surface area contributed by atoms with E-state index in [0.29, 0.717) is 28.4 Å². The van der Waals surface area contributed by atoms with E-state index in [2.05, 4.69) is 25.6 Å². The van der Waals surface area contributed by atoms with Crippen LogP contribution in [0.3, 0.4) is 0 Å². The van der Waals surface area contributed by atoms with Gasteiger partial charge < -0.3 is 5.73 Å². The van der Waals surface area contributed by atoms with Gasteiger partial charge in [-0.25, -0.2) is 13.5 Å². The number of aromatic nitrogens is 5. The first-order chi connectivity index (χ1) is 14.1. The lowest BCUT2D eigenvalue weighted by Crippen LogP contribution is -2.15. The van der Waals surface area contributed by atoms with Crippen molar-refractivity contribution in [3.8, 4) is 22.5 Å². The van der Waals surface area contributed by atoms with Gasteiger partial charge in [0.2, 0.25) is 0 Å². The first-order valence-electron chi connectivity index (χ1n) is 8.40. The Bertz CT molecular complexity index is 1370. The monoisotopic (exact) mass is 434 g/mol. The Morgan fingerprint density at radius 2 is 1.87 bits per heavy atom. The van der Waals surface area contributed by atoms with Crippen molar-refractivity contribution in [2.75, 3.05) is 12.0 Å². The van der Waals surface area contributed by atoms with Crippen LogP contribution in [-0.2, 0) is 16.0 Å². The summed E-state index contributed by atoms with van der Waals surface area (Å²) in [5.74, 6) is -0.211. The van der Waals surface area contributed by atoms with Crippen molar-refractivity contribution in [1.82, 2.24) is 25.6 Å². The number of hydrogen-bond donors (Lipinski definition) is 2. The van der Waals surface area contributed by atoms with Gasteiger partial charge in [-0.1, -0.05) is 18.2 Å². The minimum Gasteiger partial charge on any atom is -0.398 e. The topological polar surface area (TPSA) is 128 Å². The molecule has 0 bridgehead atoms. The number of sulfone groups is 1. The van der Waals surface area contributed by atoms with E-state index in [1.54, 1.807) is 24.3 Å². The summed E-state index contributed by atoms with van der Waals surface area (Å²) in [6.07, 6.45) is -2.70. The number of alkyl halides is 3. The van der Waals surface area contributed by atoms with Crippen LogP contribution < -0.4 is 5.73 Å². The van der Waals surface area contributed by atoms with Crippen LogP contribution >= 0.6 is 0 Å². The Morgan fingerprint density at radius 3 is 2.50 bits per heavy atom. The highest BCUT2D eigenvalue weighted by Gasteiger charge is 2.39. The fraction of sp³-hybridized carbons (Fsp3) is 0.111. The molecule has 8 nitrogen and oxygen atoms in total. The maximum Gasteiger partial charge on any atom is 0.417 e. The van der Waals surface area contributed by atoms with Gasteiger partial charge in [-0.05, 0) is 39.8 Å². The van der Waals surface area contributed by atoms with Crippen LogP contribution in [0.2, 0.25) is 0 Å². The number of nitrogens with zero attached hydrogens (tertiary/aromatic N) is 4. The van der Waals surface area contributed by atoms with Gasteiger partial charge in [-0.15, -0.1) is 5.10 Å². The lowest BCUT2D eigenvalue weighted by Gasteiger charge is -2.18. The molecule has 3 N–H and O–H groups in total. The van der Waals surface area contributed by atoms with Gasteiger partial charge in [-0.2, -0.15) is 13.2 Å². The largest absolute Gasteiger partial charge is 0.417 e. The highest BCUT2D eigenvalue weighted by molar-refractivity contribution is 7.91. The molecule has 2 heterocycles. The predicted molar refractivity (Wildman–Crippen MR) is 103 cm³/mol. The van der Waals surface area contributed by atoms with E-state index in [4.69, 9.17) is 5.73 Å². The number of nitrogens with two attached hydrogens (primary N) is 1. The molecular formula is C18H13F3N6O2S. The van der Waals surface area contributed by atoms with Gasteiger partial charge in [0.25, 0.3) is 0 Å². The van der Waals surface area contributed by atoms with Gasteiger partial charge >= 0.3 is 6.18 Å². The molecule has 0 atom stereocenters. The Hall–Kier alpha value is -3.54. The molecule has 0 saturated carbocycles. The van der Waals surface area contributed by atoms with E-state index in [0.717, 1.165) is 6.07 Å². The van der Waals surface area contributed by atoms with E-state index in [-0.39, 0.29) is 17.0 Å². The number of nitrogen functional groups attached to an aromatic ring is 1. The normalized spacial score (nSPS) is 12.4. The lowest BCUT2D eigenvalue weighted by atomic mass is 9.95. The van der Waals surface area contributed by atoms with E-state index in [9.17, 15) is 21.6 Å². The third kappa shape index (κ3) is 3.34. The average molecular weight is 434 g/mol. The number of H-pyrrole nitrogens is 1. The molecule has 0 amide bonds. The van der Waals surface area contributed by atoms with E-state index in [1.807, 2.05) is 0 Å². The van der Waals surface area contributed by atoms with E-state index >= 15 is 0 Å². The Morgan fingerprint density at radius 1 is 1.10 bits per heavy atom. The second-order valence-corrected chi connectivity index (χ2v) is 8.47. The summed E-state index contributed by atoms with van der Waals surface area (Å²) < 4.78 is 65.8. The zero-order valence-corrected chi connectivity index (χ0v) is 16.1. The van der Waals surface area contributed by atoms with Crippen LogP contribution in [0.25, 0.3) is 33.4 Å². The van der Waals surface area contributed by atoms with Crippen LogP contribution in [0.15, 0.2) is 47.5 Å². The standard InChI is InChI=1S/C18H13F3N6O2S/c1-30(28,29)16-12(18(19,20)21)5-4-10(15(16)17-24-26-27-25-17)9-2-3-11-13(22)6-7-23-14(11)8-9/h2-8H,1H3,(H2,22,23)(H,24,25,26,27). The van der Waals surface area contributed by atoms with Gasteiger partial charge in [-0.3, -0.25) is 4.98 Å². The molecular weight excluding hydrogens is 421 g/mol. The summed E-state index contributed by atoms with van der Waals surface area (Å²) in [7, 11) is -4.32. The van der Waals surface area contributed by atoms with Crippen LogP contribution in [0.5, 0.6) is 0 Å². The molecule has 0 aliphatic carbocycles. The van der Waals surface area contributed by atoms with Crippen molar-refractivity contribution in [3.63, 3.8) is 0 Å². The predicted octanol–water partition coefficient (Wildman–Crippen LogP) is 3.09. The second-order valence-electron chi connectivity index (χ2n) is 6.52. The molecule has 0 aliphatic heterocycles. The zero-order chi connectivity index (χ0) is 21.7. The minimum absolute atomic E-state index is 0.188. The summed E-state index contributed by atoms with van der Waals surface area (Å²) in [5.41, 5.74) is 5.93. The SMILES string of the molecule is CS(=O)(=O)c1c(C(F)(F)F)ccc(-c2ccc3c(N)ccnc3c2)c1-c1nnn[nH]1. The molecule has 2 aromatic carbocycles. The number of nitrogens with one attached hydrogen (secondary N) is 1. The fourth-order valence-electron chi connectivity index (χ4n) is 3.27. The van der Waals surface area contributed by atoms with Gasteiger partial charge in [0.1, 0.15) is 0 Å². The van der Waals surface area contributed by atoms with Crippen molar-refractivity contribution < 1.29 is 21.6 Å². The van der Waals surface area contributed by atoms with Crippen molar-refractivity contribution >= 4 is 26.4 Å². The molecule has 0 spiro atoms. The minimum atomic E-state index is -4.90. The quantitative estimate of drug-likeness (QED) is 0.507. The number of tetrazole rings is 1. The summed E-state index contributed by atoms with van der Waals surface area (Å²) in [4.78, 5) is 3.31. The number of anilines is 1. The number of aromatic amines is 1. The smallest absolute Gasteiger partial charge is 0.398 e. The maximum atomic E-state index is 13.6.